The molecule has 0 spiro atoms. The van der Waals surface area contributed by atoms with Gasteiger partial charge in [0.1, 0.15) is 0 Å². The number of carbonyl (C=O) groups excluding carboxylic acids is 1. The molecular formula is C19H14F3N3O3. The highest BCUT2D eigenvalue weighted by Crippen LogP contribution is 2.32. The van der Waals surface area contributed by atoms with E-state index in [2.05, 4.69) is 10.1 Å². The number of likely N-dealkylation sites (tertiary alicyclic amines) is 1. The number of nitrogens with zero attached hydrogens (tertiary/aromatic N) is 3. The van der Waals surface area contributed by atoms with Crippen LogP contribution in [0.15, 0.2) is 40.9 Å². The van der Waals surface area contributed by atoms with Crippen molar-refractivity contribution < 1.29 is 27.6 Å². The zero-order valence-electron chi connectivity index (χ0n) is 14.4. The van der Waals surface area contributed by atoms with E-state index in [1.54, 1.807) is 4.90 Å². The molecule has 4 rings (SSSR count). The van der Waals surface area contributed by atoms with Gasteiger partial charge in [-0.1, -0.05) is 35.5 Å². The molecule has 0 bridgehead atoms. The largest absolute Gasteiger partial charge is 0.503 e. The minimum absolute atomic E-state index is 0.178. The Morgan fingerprint density at radius 2 is 1.93 bits per heavy atom. The predicted molar refractivity (Wildman–Crippen MR) is 91.0 cm³/mol. The first-order valence-electron chi connectivity index (χ1n) is 8.50. The van der Waals surface area contributed by atoms with Crippen LogP contribution in [0.1, 0.15) is 28.5 Å². The van der Waals surface area contributed by atoms with Crippen LogP contribution in [0.4, 0.5) is 13.2 Å². The van der Waals surface area contributed by atoms with Crippen molar-refractivity contribution in [1.82, 2.24) is 15.0 Å². The lowest BCUT2D eigenvalue weighted by molar-refractivity contribution is 0.0775. The summed E-state index contributed by atoms with van der Waals surface area (Å²) in [6.45, 7) is 0.954. The Balaban J connectivity index is 1.55. The summed E-state index contributed by atoms with van der Waals surface area (Å²) in [4.78, 5) is 17.9. The number of benzene rings is 2. The molecule has 1 saturated heterocycles. The first kappa shape index (κ1) is 18.0. The smallest absolute Gasteiger partial charge is 0.295 e. The van der Waals surface area contributed by atoms with Gasteiger partial charge in [-0.3, -0.25) is 4.79 Å². The molecule has 9 heteroatoms. The number of amides is 1. The lowest BCUT2D eigenvalue weighted by atomic mass is 9.99. The lowest BCUT2D eigenvalue weighted by Gasteiger charge is -2.14. The molecule has 0 aliphatic carbocycles. The van der Waals surface area contributed by atoms with Crippen molar-refractivity contribution >= 4 is 5.91 Å². The average molecular weight is 389 g/mol. The molecule has 1 aliphatic heterocycles. The van der Waals surface area contributed by atoms with Crippen LogP contribution in [-0.4, -0.2) is 39.1 Å². The van der Waals surface area contributed by atoms with Gasteiger partial charge in [-0.2, -0.15) is 9.37 Å². The molecule has 1 fully saturated rings. The van der Waals surface area contributed by atoms with Gasteiger partial charge in [-0.15, -0.1) is 0 Å². The fourth-order valence-electron chi connectivity index (χ4n) is 3.25. The second-order valence-electron chi connectivity index (χ2n) is 6.45. The summed E-state index contributed by atoms with van der Waals surface area (Å²) in [5.41, 5.74) is 0.484. The van der Waals surface area contributed by atoms with Crippen LogP contribution in [0.3, 0.4) is 0 Å². The molecule has 3 aromatic rings. The van der Waals surface area contributed by atoms with Crippen LogP contribution in [-0.2, 0) is 0 Å². The summed E-state index contributed by atoms with van der Waals surface area (Å²) in [6.07, 6.45) is 0.770. The highest BCUT2D eigenvalue weighted by Gasteiger charge is 2.31. The van der Waals surface area contributed by atoms with Crippen molar-refractivity contribution in [1.29, 1.82) is 0 Å². The third kappa shape index (κ3) is 3.08. The Bertz CT molecular complexity index is 1040. The number of phenolic OH excluding ortho intramolecular Hbond substituents is 1. The Labute approximate surface area is 157 Å². The monoisotopic (exact) mass is 389 g/mol. The number of hydrogen-bond acceptors (Lipinski definition) is 5. The lowest BCUT2D eigenvalue weighted by Crippen LogP contribution is -2.29. The summed E-state index contributed by atoms with van der Waals surface area (Å²) >= 11 is 0. The zero-order valence-corrected chi connectivity index (χ0v) is 14.4. The molecule has 28 heavy (non-hydrogen) atoms. The first-order valence-corrected chi connectivity index (χ1v) is 8.50. The molecule has 1 N–H and O–H groups in total. The number of carbonyl (C=O) groups is 1. The van der Waals surface area contributed by atoms with Crippen LogP contribution in [0, 0.1) is 17.5 Å². The maximum Gasteiger partial charge on any atom is 0.295 e. The third-order valence-electron chi connectivity index (χ3n) is 4.73. The first-order chi connectivity index (χ1) is 13.5. The summed E-state index contributed by atoms with van der Waals surface area (Å²) in [5, 5.41) is 12.8. The van der Waals surface area contributed by atoms with Crippen LogP contribution in [0.2, 0.25) is 0 Å². The van der Waals surface area contributed by atoms with Gasteiger partial charge in [0, 0.05) is 19.0 Å². The van der Waals surface area contributed by atoms with Crippen molar-refractivity contribution in [2.24, 2.45) is 0 Å². The van der Waals surface area contributed by atoms with Crippen molar-refractivity contribution in [2.45, 2.75) is 12.3 Å². The molecule has 2 aromatic carbocycles. The standard InChI is InChI=1S/C19H14F3N3O3/c20-13-8-12(14(21)16(26)15(13)22)18-23-17(24-28-18)19(27)25-7-6-11(9-25)10-4-2-1-3-5-10/h1-5,8,11,26H,6-7,9H2. The quantitative estimate of drug-likeness (QED) is 0.694. The van der Waals surface area contributed by atoms with Gasteiger partial charge in [0.05, 0.1) is 5.56 Å². The topological polar surface area (TPSA) is 79.5 Å². The molecule has 2 heterocycles. The molecule has 1 amide bonds. The van der Waals surface area contributed by atoms with Crippen molar-refractivity contribution in [3.8, 4) is 17.2 Å². The van der Waals surface area contributed by atoms with Gasteiger partial charge in [0.25, 0.3) is 17.6 Å². The molecule has 144 valence electrons. The molecule has 1 unspecified atom stereocenters. The number of aromatic nitrogens is 2. The fraction of sp³-hybridized carbons (Fsp3) is 0.211. The van der Waals surface area contributed by atoms with E-state index in [1.807, 2.05) is 30.3 Å². The number of rotatable bonds is 3. The zero-order chi connectivity index (χ0) is 19.8. The van der Waals surface area contributed by atoms with Crippen molar-refractivity contribution in [2.75, 3.05) is 13.1 Å². The Kier molecular flexibility index (Phi) is 4.50. The number of aromatic hydroxyl groups is 1. The van der Waals surface area contributed by atoms with Crippen LogP contribution in [0.25, 0.3) is 11.5 Å². The molecule has 6 nitrogen and oxygen atoms in total. The second-order valence-corrected chi connectivity index (χ2v) is 6.45. The second kappa shape index (κ2) is 6.99. The van der Waals surface area contributed by atoms with Crippen LogP contribution in [0.5, 0.6) is 5.75 Å². The van der Waals surface area contributed by atoms with E-state index in [9.17, 15) is 23.1 Å². The van der Waals surface area contributed by atoms with Crippen molar-refractivity contribution in [3.05, 3.63) is 65.2 Å². The van der Waals surface area contributed by atoms with Gasteiger partial charge < -0.3 is 14.5 Å². The molecule has 1 aromatic heterocycles. The summed E-state index contributed by atoms with van der Waals surface area (Å²) in [7, 11) is 0. The van der Waals surface area contributed by atoms with Crippen LogP contribution >= 0.6 is 0 Å². The summed E-state index contributed by atoms with van der Waals surface area (Å²) in [5.74, 6) is -7.34. The Hall–Kier alpha value is -3.36. The summed E-state index contributed by atoms with van der Waals surface area (Å²) < 4.78 is 45.5. The van der Waals surface area contributed by atoms with E-state index >= 15 is 0 Å². The average Bonchev–Trinajstić information content (AvgIpc) is 3.39. The van der Waals surface area contributed by atoms with Gasteiger partial charge in [0.2, 0.25) is 5.82 Å². The van der Waals surface area contributed by atoms with Crippen molar-refractivity contribution in [3.63, 3.8) is 0 Å². The third-order valence-corrected chi connectivity index (χ3v) is 4.73. The molecule has 0 radical (unpaired) electrons. The number of halogens is 3. The molecule has 0 saturated carbocycles. The molecular weight excluding hydrogens is 375 g/mol. The van der Waals surface area contributed by atoms with E-state index < -0.39 is 40.6 Å². The van der Waals surface area contributed by atoms with Gasteiger partial charge >= 0.3 is 0 Å². The van der Waals surface area contributed by atoms with E-state index in [4.69, 9.17) is 4.52 Å². The normalized spacial score (nSPS) is 16.5. The minimum Gasteiger partial charge on any atom is -0.503 e. The van der Waals surface area contributed by atoms with Crippen LogP contribution < -0.4 is 0 Å². The predicted octanol–water partition coefficient (Wildman–Crippen LogP) is 3.49. The number of phenols is 1. The van der Waals surface area contributed by atoms with E-state index in [-0.39, 0.29) is 11.7 Å². The van der Waals surface area contributed by atoms with E-state index in [0.29, 0.717) is 19.2 Å². The highest BCUT2D eigenvalue weighted by molar-refractivity contribution is 5.91. The Morgan fingerprint density at radius 3 is 2.68 bits per heavy atom. The van der Waals surface area contributed by atoms with E-state index in [1.165, 1.54) is 0 Å². The highest BCUT2D eigenvalue weighted by atomic mass is 19.2. The Morgan fingerprint density at radius 1 is 1.18 bits per heavy atom. The van der Waals surface area contributed by atoms with E-state index in [0.717, 1.165) is 12.0 Å². The van der Waals surface area contributed by atoms with Gasteiger partial charge in [-0.05, 0) is 18.1 Å². The SMILES string of the molecule is O=C(c1noc(-c2cc(F)c(F)c(O)c2F)n1)N1CCC(c2ccccc2)C1. The van der Waals surface area contributed by atoms with Gasteiger partial charge in [0.15, 0.2) is 17.4 Å². The molecule has 1 aliphatic rings. The summed E-state index contributed by atoms with van der Waals surface area (Å²) in [6, 6.07) is 10.2. The maximum atomic E-state index is 14.0. The van der Waals surface area contributed by atoms with Gasteiger partial charge in [-0.25, -0.2) is 8.78 Å². The number of hydrogen-bond donors (Lipinski definition) is 1. The fourth-order valence-corrected chi connectivity index (χ4v) is 3.25. The maximum absolute atomic E-state index is 14.0. The minimum atomic E-state index is -1.72. The molecule has 1 atom stereocenters.